The molecule has 0 atom stereocenters. The lowest BCUT2D eigenvalue weighted by atomic mass is 9.94. The van der Waals surface area contributed by atoms with Gasteiger partial charge in [0.25, 0.3) is 0 Å². The molecule has 6 nitrogen and oxygen atoms in total. The maximum absolute atomic E-state index is 10.3. The lowest BCUT2D eigenvalue weighted by Crippen LogP contribution is -2.15. The number of hydrogen-bond acceptors (Lipinski definition) is 4. The van der Waals surface area contributed by atoms with E-state index in [4.69, 9.17) is 4.74 Å². The average molecular weight is 237 g/mol. The van der Waals surface area contributed by atoms with Gasteiger partial charge in [-0.2, -0.15) is 5.10 Å². The molecule has 0 amide bonds. The van der Waals surface area contributed by atoms with Gasteiger partial charge in [-0.15, -0.1) is 0 Å². The van der Waals surface area contributed by atoms with E-state index in [9.17, 15) is 10.1 Å². The van der Waals surface area contributed by atoms with Gasteiger partial charge in [-0.05, 0) is 12.8 Å². The quantitative estimate of drug-likeness (QED) is 0.591. The van der Waals surface area contributed by atoms with Gasteiger partial charge in [0.05, 0.1) is 10.6 Å². The topological polar surface area (TPSA) is 70.2 Å². The predicted molar refractivity (Wildman–Crippen MR) is 62.0 cm³/mol. The van der Waals surface area contributed by atoms with Gasteiger partial charge in [0.15, 0.2) is 0 Å². The molecule has 0 saturated carbocycles. The molecular formula is C11H15N3O3. The van der Waals surface area contributed by atoms with Crippen LogP contribution in [0.5, 0.6) is 0 Å². The van der Waals surface area contributed by atoms with Crippen molar-refractivity contribution in [3.05, 3.63) is 33.8 Å². The summed E-state index contributed by atoms with van der Waals surface area (Å²) < 4.78 is 7.00. The molecule has 2 heterocycles. The van der Waals surface area contributed by atoms with Crippen LogP contribution in [-0.4, -0.2) is 27.9 Å². The molecule has 0 unspecified atom stereocenters. The first-order valence-corrected chi connectivity index (χ1v) is 5.60. The first-order chi connectivity index (χ1) is 8.16. The summed E-state index contributed by atoms with van der Waals surface area (Å²) in [6.07, 6.45) is 6.13. The summed E-state index contributed by atoms with van der Waals surface area (Å²) >= 11 is 0. The molecule has 92 valence electrons. The van der Waals surface area contributed by atoms with E-state index in [0.717, 1.165) is 43.5 Å². The second kappa shape index (κ2) is 5.09. The minimum Gasteiger partial charge on any atom is -0.381 e. The molecule has 1 saturated heterocycles. The summed E-state index contributed by atoms with van der Waals surface area (Å²) in [5.41, 5.74) is 1.77. The minimum absolute atomic E-state index is 0.344. The molecule has 6 heteroatoms. The molecule has 1 aliphatic heterocycles. The molecule has 0 spiro atoms. The van der Waals surface area contributed by atoms with Crippen molar-refractivity contribution in [2.24, 2.45) is 7.05 Å². The molecule has 0 bridgehead atoms. The fraction of sp³-hybridized carbons (Fsp3) is 0.545. The normalized spacial score (nSPS) is 17.7. The summed E-state index contributed by atoms with van der Waals surface area (Å²) in [4.78, 5) is 9.88. The zero-order chi connectivity index (χ0) is 12.3. The Morgan fingerprint density at radius 2 is 2.29 bits per heavy atom. The second-order valence-electron chi connectivity index (χ2n) is 4.13. The molecule has 1 aromatic heterocycles. The van der Waals surface area contributed by atoms with Crippen molar-refractivity contribution in [3.8, 4) is 0 Å². The Morgan fingerprint density at radius 3 is 2.94 bits per heavy atom. The number of ether oxygens (including phenoxy) is 1. The fourth-order valence-electron chi connectivity index (χ4n) is 2.08. The molecule has 1 fully saturated rings. The van der Waals surface area contributed by atoms with Crippen LogP contribution in [0.2, 0.25) is 0 Å². The SMILES string of the molecule is Cn1cc(/C=C/[N+](=O)[O-])c(C2CCOCC2)n1. The number of nitro groups is 1. The lowest BCUT2D eigenvalue weighted by molar-refractivity contribution is -0.400. The van der Waals surface area contributed by atoms with Crippen molar-refractivity contribution >= 4 is 6.08 Å². The Hall–Kier alpha value is -1.69. The van der Waals surface area contributed by atoms with E-state index < -0.39 is 4.92 Å². The summed E-state index contributed by atoms with van der Waals surface area (Å²) in [5.74, 6) is 0.344. The largest absolute Gasteiger partial charge is 0.381 e. The van der Waals surface area contributed by atoms with Gasteiger partial charge in [-0.3, -0.25) is 14.8 Å². The zero-order valence-corrected chi connectivity index (χ0v) is 9.70. The summed E-state index contributed by atoms with van der Waals surface area (Å²) in [5, 5.41) is 14.7. The van der Waals surface area contributed by atoms with E-state index in [-0.39, 0.29) is 0 Å². The van der Waals surface area contributed by atoms with Gasteiger partial charge in [-0.25, -0.2) is 0 Å². The minimum atomic E-state index is -0.458. The Balaban J connectivity index is 2.22. The molecule has 1 aliphatic rings. The maximum Gasteiger partial charge on any atom is 0.235 e. The van der Waals surface area contributed by atoms with Gasteiger partial charge in [0.2, 0.25) is 6.20 Å². The molecule has 0 radical (unpaired) electrons. The average Bonchev–Trinajstić information content (AvgIpc) is 2.69. The highest BCUT2D eigenvalue weighted by molar-refractivity contribution is 5.50. The third kappa shape index (κ3) is 2.91. The number of hydrogen-bond donors (Lipinski definition) is 0. The molecule has 0 aliphatic carbocycles. The molecule has 0 aromatic carbocycles. The Kier molecular flexibility index (Phi) is 3.53. The highest BCUT2D eigenvalue weighted by Crippen LogP contribution is 2.28. The van der Waals surface area contributed by atoms with Crippen LogP contribution in [0.1, 0.15) is 30.0 Å². The summed E-state index contributed by atoms with van der Waals surface area (Å²) in [6.45, 7) is 1.47. The monoisotopic (exact) mass is 237 g/mol. The fourth-order valence-corrected chi connectivity index (χ4v) is 2.08. The van der Waals surface area contributed by atoms with Crippen molar-refractivity contribution in [2.45, 2.75) is 18.8 Å². The van der Waals surface area contributed by atoms with Crippen LogP contribution in [0.4, 0.5) is 0 Å². The summed E-state index contributed by atoms with van der Waals surface area (Å²) in [6, 6.07) is 0. The molecule has 2 rings (SSSR count). The zero-order valence-electron chi connectivity index (χ0n) is 9.70. The first-order valence-electron chi connectivity index (χ1n) is 5.60. The van der Waals surface area contributed by atoms with Gasteiger partial charge < -0.3 is 4.74 Å². The van der Waals surface area contributed by atoms with E-state index in [1.807, 2.05) is 13.2 Å². The van der Waals surface area contributed by atoms with Crippen LogP contribution in [0.25, 0.3) is 6.08 Å². The van der Waals surface area contributed by atoms with Gasteiger partial charge >= 0.3 is 0 Å². The number of nitrogens with zero attached hydrogens (tertiary/aromatic N) is 3. The standard InChI is InChI=1S/C11H15N3O3/c1-13-8-10(2-5-14(15)16)11(12-13)9-3-6-17-7-4-9/h2,5,8-9H,3-4,6-7H2,1H3/b5-2+. The highest BCUT2D eigenvalue weighted by atomic mass is 16.6. The third-order valence-electron chi connectivity index (χ3n) is 2.87. The van der Waals surface area contributed by atoms with Crippen molar-refractivity contribution in [1.29, 1.82) is 0 Å². The van der Waals surface area contributed by atoms with E-state index in [2.05, 4.69) is 5.10 Å². The van der Waals surface area contributed by atoms with Crippen molar-refractivity contribution in [3.63, 3.8) is 0 Å². The van der Waals surface area contributed by atoms with Crippen LogP contribution in [-0.2, 0) is 11.8 Å². The maximum atomic E-state index is 10.3. The van der Waals surface area contributed by atoms with Crippen LogP contribution < -0.4 is 0 Å². The number of aryl methyl sites for hydroxylation is 1. The molecule has 0 N–H and O–H groups in total. The second-order valence-corrected chi connectivity index (χ2v) is 4.13. The third-order valence-corrected chi connectivity index (χ3v) is 2.87. The highest BCUT2D eigenvalue weighted by Gasteiger charge is 2.21. The van der Waals surface area contributed by atoms with Crippen molar-refractivity contribution in [2.75, 3.05) is 13.2 Å². The van der Waals surface area contributed by atoms with Gasteiger partial charge in [0.1, 0.15) is 0 Å². The molecule has 1 aromatic rings. The van der Waals surface area contributed by atoms with E-state index >= 15 is 0 Å². The first kappa shape index (κ1) is 11.8. The molecular weight excluding hydrogens is 222 g/mol. The van der Waals surface area contributed by atoms with E-state index in [0.29, 0.717) is 5.92 Å². The Morgan fingerprint density at radius 1 is 1.59 bits per heavy atom. The number of rotatable bonds is 3. The molecule has 17 heavy (non-hydrogen) atoms. The Bertz CT molecular complexity index is 433. The van der Waals surface area contributed by atoms with Crippen LogP contribution >= 0.6 is 0 Å². The van der Waals surface area contributed by atoms with E-state index in [1.165, 1.54) is 6.08 Å². The predicted octanol–water partition coefficient (Wildman–Crippen LogP) is 1.56. The van der Waals surface area contributed by atoms with Crippen molar-refractivity contribution < 1.29 is 9.66 Å². The van der Waals surface area contributed by atoms with Gasteiger partial charge in [-0.1, -0.05) is 0 Å². The van der Waals surface area contributed by atoms with Crippen LogP contribution in [0, 0.1) is 10.1 Å². The van der Waals surface area contributed by atoms with Gasteiger partial charge in [0, 0.05) is 44.0 Å². The lowest BCUT2D eigenvalue weighted by Gasteiger charge is -2.20. The smallest absolute Gasteiger partial charge is 0.235 e. The van der Waals surface area contributed by atoms with E-state index in [1.54, 1.807) is 4.68 Å². The Labute approximate surface area is 99.0 Å². The number of aromatic nitrogens is 2. The van der Waals surface area contributed by atoms with Crippen LogP contribution in [0.15, 0.2) is 12.4 Å². The van der Waals surface area contributed by atoms with Crippen molar-refractivity contribution in [1.82, 2.24) is 9.78 Å². The summed E-state index contributed by atoms with van der Waals surface area (Å²) in [7, 11) is 1.83. The van der Waals surface area contributed by atoms with Crippen LogP contribution in [0.3, 0.4) is 0 Å².